The van der Waals surface area contributed by atoms with E-state index >= 15 is 0 Å². The number of carboxylic acids is 1. The minimum atomic E-state index is -1.01. The van der Waals surface area contributed by atoms with Crippen molar-refractivity contribution < 1.29 is 19.2 Å². The third-order valence-corrected chi connectivity index (χ3v) is 2.82. The summed E-state index contributed by atoms with van der Waals surface area (Å²) in [6.45, 7) is 5.23. The van der Waals surface area contributed by atoms with Gasteiger partial charge >= 0.3 is 5.97 Å². The number of carboxylic acid groups (broad SMARTS) is 1. The van der Waals surface area contributed by atoms with E-state index in [2.05, 4.69) is 15.6 Å². The van der Waals surface area contributed by atoms with E-state index in [1.165, 1.54) is 16.9 Å². The lowest BCUT2D eigenvalue weighted by Crippen LogP contribution is -2.16. The maximum Gasteiger partial charge on any atom is 0.325 e. The second-order valence-electron chi connectivity index (χ2n) is 4.91. The fraction of sp³-hybridized carbons (Fsp3) is 0.385. The molecular weight excluding hydrogens is 276 g/mol. The molecule has 0 aliphatic heterocycles. The third-order valence-electron chi connectivity index (χ3n) is 2.82. The Bertz CT molecular complexity index is 672. The van der Waals surface area contributed by atoms with Crippen molar-refractivity contribution in [1.82, 2.24) is 14.9 Å². The first-order valence-electron chi connectivity index (χ1n) is 6.41. The molecule has 0 aliphatic carbocycles. The van der Waals surface area contributed by atoms with Crippen LogP contribution in [-0.2, 0) is 11.3 Å². The molecule has 0 bridgehead atoms. The van der Waals surface area contributed by atoms with Gasteiger partial charge in [-0.2, -0.15) is 5.10 Å². The highest BCUT2D eigenvalue weighted by atomic mass is 16.5. The van der Waals surface area contributed by atoms with E-state index in [0.29, 0.717) is 17.0 Å². The van der Waals surface area contributed by atoms with Crippen LogP contribution in [0.25, 0.3) is 0 Å². The molecule has 0 aliphatic rings. The monoisotopic (exact) mass is 292 g/mol. The van der Waals surface area contributed by atoms with Crippen LogP contribution < -0.4 is 5.32 Å². The highest BCUT2D eigenvalue weighted by Crippen LogP contribution is 2.23. The van der Waals surface area contributed by atoms with Gasteiger partial charge in [0.1, 0.15) is 12.1 Å². The van der Waals surface area contributed by atoms with E-state index in [-0.39, 0.29) is 24.2 Å². The number of carbonyl (C=O) groups excluding carboxylic acids is 1. The number of anilines is 1. The zero-order valence-electron chi connectivity index (χ0n) is 12.0. The summed E-state index contributed by atoms with van der Waals surface area (Å²) in [6, 6.07) is 1.53. The first-order valence-corrected chi connectivity index (χ1v) is 6.41. The standard InChI is InChI=1S/C13H16N4O4/c1-7(2)12-11(8(3)16-21-12)13(20)14-9-4-5-17(15-9)6-10(18)19/h4-5,7H,6H2,1-3H3,(H,18,19)(H,14,15,20). The highest BCUT2D eigenvalue weighted by Gasteiger charge is 2.23. The second-order valence-corrected chi connectivity index (χ2v) is 4.91. The van der Waals surface area contributed by atoms with Gasteiger partial charge in [0.15, 0.2) is 11.6 Å². The Balaban J connectivity index is 2.16. The fourth-order valence-electron chi connectivity index (χ4n) is 1.89. The van der Waals surface area contributed by atoms with Crippen LogP contribution in [0.1, 0.15) is 41.6 Å². The van der Waals surface area contributed by atoms with Crippen LogP contribution in [-0.4, -0.2) is 31.9 Å². The van der Waals surface area contributed by atoms with Crippen molar-refractivity contribution in [3.63, 3.8) is 0 Å². The lowest BCUT2D eigenvalue weighted by atomic mass is 10.0. The number of aromatic nitrogens is 3. The summed E-state index contributed by atoms with van der Waals surface area (Å²) < 4.78 is 6.38. The molecule has 2 aromatic rings. The van der Waals surface area contributed by atoms with Crippen molar-refractivity contribution in [2.24, 2.45) is 0 Å². The van der Waals surface area contributed by atoms with Gasteiger partial charge in [0.05, 0.1) is 5.69 Å². The molecule has 21 heavy (non-hydrogen) atoms. The van der Waals surface area contributed by atoms with Crippen LogP contribution in [0.2, 0.25) is 0 Å². The van der Waals surface area contributed by atoms with Crippen molar-refractivity contribution in [1.29, 1.82) is 0 Å². The van der Waals surface area contributed by atoms with Crippen molar-refractivity contribution >= 4 is 17.7 Å². The summed E-state index contributed by atoms with van der Waals surface area (Å²) >= 11 is 0. The zero-order chi connectivity index (χ0) is 15.6. The van der Waals surface area contributed by atoms with Crippen LogP contribution in [0.3, 0.4) is 0 Å². The minimum absolute atomic E-state index is 0.0246. The average Bonchev–Trinajstić information content (AvgIpc) is 2.95. The normalized spacial score (nSPS) is 10.9. The van der Waals surface area contributed by atoms with Crippen molar-refractivity contribution in [3.05, 3.63) is 29.3 Å². The summed E-state index contributed by atoms with van der Waals surface area (Å²) in [5.41, 5.74) is 0.888. The third kappa shape index (κ3) is 3.28. The molecule has 0 fully saturated rings. The maximum atomic E-state index is 12.3. The van der Waals surface area contributed by atoms with Crippen LogP contribution in [0.15, 0.2) is 16.8 Å². The first kappa shape index (κ1) is 14.8. The number of nitrogens with zero attached hydrogens (tertiary/aromatic N) is 3. The summed E-state index contributed by atoms with van der Waals surface area (Å²) in [4.78, 5) is 22.9. The Labute approximate surface area is 120 Å². The summed E-state index contributed by atoms with van der Waals surface area (Å²) in [7, 11) is 0. The van der Waals surface area contributed by atoms with Crippen LogP contribution in [0.4, 0.5) is 5.82 Å². The Hall–Kier alpha value is -2.64. The average molecular weight is 292 g/mol. The first-order chi connectivity index (χ1) is 9.88. The van der Waals surface area contributed by atoms with Crippen LogP contribution in [0.5, 0.6) is 0 Å². The summed E-state index contributed by atoms with van der Waals surface area (Å²) in [5, 5.41) is 19.0. The van der Waals surface area contributed by atoms with E-state index in [0.717, 1.165) is 0 Å². The van der Waals surface area contributed by atoms with Crippen molar-refractivity contribution in [2.45, 2.75) is 33.2 Å². The number of aryl methyl sites for hydroxylation is 1. The van der Waals surface area contributed by atoms with E-state index in [1.54, 1.807) is 6.92 Å². The van der Waals surface area contributed by atoms with E-state index in [9.17, 15) is 9.59 Å². The molecule has 0 aromatic carbocycles. The highest BCUT2D eigenvalue weighted by molar-refractivity contribution is 6.05. The quantitative estimate of drug-likeness (QED) is 0.866. The van der Waals surface area contributed by atoms with Gasteiger partial charge in [0.25, 0.3) is 5.91 Å². The van der Waals surface area contributed by atoms with Gasteiger partial charge in [-0.05, 0) is 6.92 Å². The van der Waals surface area contributed by atoms with Gasteiger partial charge in [-0.25, -0.2) is 0 Å². The fourth-order valence-corrected chi connectivity index (χ4v) is 1.89. The van der Waals surface area contributed by atoms with Crippen molar-refractivity contribution in [3.8, 4) is 0 Å². The molecule has 0 saturated carbocycles. The molecule has 0 spiro atoms. The van der Waals surface area contributed by atoms with E-state index in [1.807, 2.05) is 13.8 Å². The number of rotatable bonds is 5. The Morgan fingerprint density at radius 2 is 2.19 bits per heavy atom. The SMILES string of the molecule is Cc1noc(C(C)C)c1C(=O)Nc1ccn(CC(=O)O)n1. The molecule has 2 heterocycles. The molecule has 0 unspecified atom stereocenters. The van der Waals surface area contributed by atoms with Crippen LogP contribution >= 0.6 is 0 Å². The number of amides is 1. The van der Waals surface area contributed by atoms with E-state index < -0.39 is 5.97 Å². The van der Waals surface area contributed by atoms with Gasteiger partial charge in [-0.15, -0.1) is 0 Å². The number of carbonyl (C=O) groups is 2. The summed E-state index contributed by atoms with van der Waals surface area (Å²) in [5.74, 6) is -0.575. The molecule has 112 valence electrons. The molecule has 0 atom stereocenters. The molecule has 2 rings (SSSR count). The van der Waals surface area contributed by atoms with Gasteiger partial charge in [-0.3, -0.25) is 14.3 Å². The van der Waals surface area contributed by atoms with Gasteiger partial charge in [0.2, 0.25) is 0 Å². The van der Waals surface area contributed by atoms with Gasteiger partial charge < -0.3 is 14.9 Å². The Kier molecular flexibility index (Phi) is 4.06. The van der Waals surface area contributed by atoms with Crippen LogP contribution in [0, 0.1) is 6.92 Å². The topological polar surface area (TPSA) is 110 Å². The molecule has 1 amide bonds. The smallest absolute Gasteiger partial charge is 0.325 e. The Morgan fingerprint density at radius 3 is 2.81 bits per heavy atom. The predicted octanol–water partition coefficient (Wildman–Crippen LogP) is 1.64. The summed E-state index contributed by atoms with van der Waals surface area (Å²) in [6.07, 6.45) is 1.48. The predicted molar refractivity (Wildman–Crippen MR) is 73.1 cm³/mol. The largest absolute Gasteiger partial charge is 0.480 e. The molecule has 8 heteroatoms. The lowest BCUT2D eigenvalue weighted by molar-refractivity contribution is -0.137. The molecule has 0 saturated heterocycles. The minimum Gasteiger partial charge on any atom is -0.480 e. The second kappa shape index (κ2) is 5.78. The van der Waals surface area contributed by atoms with Gasteiger partial charge in [0, 0.05) is 18.2 Å². The number of aliphatic carboxylic acids is 1. The zero-order valence-corrected chi connectivity index (χ0v) is 12.0. The molecule has 0 radical (unpaired) electrons. The molecular formula is C13H16N4O4. The number of hydrogen-bond acceptors (Lipinski definition) is 5. The Morgan fingerprint density at radius 1 is 1.48 bits per heavy atom. The van der Waals surface area contributed by atoms with Crippen molar-refractivity contribution in [2.75, 3.05) is 5.32 Å². The number of hydrogen-bond donors (Lipinski definition) is 2. The number of nitrogens with one attached hydrogen (secondary N) is 1. The lowest BCUT2D eigenvalue weighted by Gasteiger charge is -2.05. The molecule has 2 N–H and O–H groups in total. The molecule has 8 nitrogen and oxygen atoms in total. The molecule has 2 aromatic heterocycles. The van der Waals surface area contributed by atoms with E-state index in [4.69, 9.17) is 9.63 Å². The van der Waals surface area contributed by atoms with Gasteiger partial charge in [-0.1, -0.05) is 19.0 Å². The maximum absolute atomic E-state index is 12.3.